The van der Waals surface area contributed by atoms with Crippen LogP contribution in [0.2, 0.25) is 0 Å². The number of halogens is 2. The summed E-state index contributed by atoms with van der Waals surface area (Å²) in [5.74, 6) is -0.0488. The molecule has 0 bridgehead atoms. The summed E-state index contributed by atoms with van der Waals surface area (Å²) in [4.78, 5) is 11.7. The molecule has 2 rings (SSSR count). The molecule has 1 aromatic carbocycles. The molecule has 1 aromatic rings. The normalized spacial score (nSPS) is 23.0. The monoisotopic (exact) mass is 302 g/mol. The zero-order valence-corrected chi connectivity index (χ0v) is 10.6. The van der Waals surface area contributed by atoms with Gasteiger partial charge in [0.2, 0.25) is 0 Å². The van der Waals surface area contributed by atoms with Crippen molar-refractivity contribution in [1.29, 1.82) is 0 Å². The van der Waals surface area contributed by atoms with Crippen molar-refractivity contribution < 1.29 is 13.4 Å². The number of ketones is 1. The second-order valence-corrected chi connectivity index (χ2v) is 5.80. The molecule has 0 amide bonds. The number of Topliss-reactive ketones (excluding diaryl/α,β-unsaturated/α-hetero) is 1. The summed E-state index contributed by atoms with van der Waals surface area (Å²) >= 11 is 3.06. The minimum atomic E-state index is -1.20. The van der Waals surface area contributed by atoms with E-state index in [9.17, 15) is 13.4 Å². The first kappa shape index (κ1) is 11.7. The molecule has 2 nitrogen and oxygen atoms in total. The first-order valence-electron chi connectivity index (χ1n) is 4.66. The van der Waals surface area contributed by atoms with Crippen LogP contribution in [0.4, 0.5) is 4.39 Å². The van der Waals surface area contributed by atoms with Gasteiger partial charge in [-0.1, -0.05) is 6.07 Å². The van der Waals surface area contributed by atoms with Crippen LogP contribution in [0.1, 0.15) is 12.0 Å². The van der Waals surface area contributed by atoms with Crippen molar-refractivity contribution in [1.82, 2.24) is 0 Å². The van der Waals surface area contributed by atoms with E-state index in [-0.39, 0.29) is 11.6 Å². The van der Waals surface area contributed by atoms with Crippen LogP contribution in [0, 0.1) is 5.82 Å². The van der Waals surface area contributed by atoms with E-state index in [1.165, 1.54) is 6.07 Å². The van der Waals surface area contributed by atoms with Crippen molar-refractivity contribution >= 4 is 38.6 Å². The van der Waals surface area contributed by atoms with Gasteiger partial charge >= 0.3 is 0 Å². The zero-order valence-electron chi connectivity index (χ0n) is 8.20. The maximum Gasteiger partial charge on any atom is 0.172 e. The molecule has 1 aliphatic heterocycles. The Morgan fingerprint density at radius 2 is 2.19 bits per heavy atom. The largest absolute Gasteiger partial charge is 0.293 e. The Hall–Kier alpha value is -0.810. The van der Waals surface area contributed by atoms with E-state index in [0.29, 0.717) is 27.1 Å². The maximum atomic E-state index is 13.0. The summed E-state index contributed by atoms with van der Waals surface area (Å²) in [5, 5.41) is 0. The Balaban J connectivity index is 2.39. The molecular formula is C11H8BrFO2S. The van der Waals surface area contributed by atoms with Crippen molar-refractivity contribution in [3.8, 4) is 0 Å². The van der Waals surface area contributed by atoms with Gasteiger partial charge in [-0.05, 0) is 39.7 Å². The van der Waals surface area contributed by atoms with Crippen molar-refractivity contribution in [2.45, 2.75) is 6.42 Å². The molecule has 0 aliphatic carbocycles. The van der Waals surface area contributed by atoms with Gasteiger partial charge < -0.3 is 0 Å². The molecule has 0 radical (unpaired) electrons. The third-order valence-electron chi connectivity index (χ3n) is 2.28. The maximum absolute atomic E-state index is 13.0. The van der Waals surface area contributed by atoms with E-state index < -0.39 is 10.8 Å². The number of carbonyl (C=O) groups excluding carboxylic acids is 1. The lowest BCUT2D eigenvalue weighted by Crippen LogP contribution is -1.94. The smallest absolute Gasteiger partial charge is 0.172 e. The quantitative estimate of drug-likeness (QED) is 0.748. The third kappa shape index (κ3) is 2.30. The minimum absolute atomic E-state index is 0.0845. The minimum Gasteiger partial charge on any atom is -0.293 e. The SMILES string of the molecule is O=C1CCS(=O)C1=Cc1ccc(F)c(Br)c1. The fourth-order valence-electron chi connectivity index (χ4n) is 1.45. The fraction of sp³-hybridized carbons (Fsp3) is 0.182. The summed E-state index contributed by atoms with van der Waals surface area (Å²) in [6.07, 6.45) is 1.90. The number of hydrogen-bond acceptors (Lipinski definition) is 2. The van der Waals surface area contributed by atoms with E-state index in [0.717, 1.165) is 0 Å². The van der Waals surface area contributed by atoms with Gasteiger partial charge in [-0.25, -0.2) is 4.39 Å². The molecule has 5 heteroatoms. The third-order valence-corrected chi connectivity index (χ3v) is 4.29. The van der Waals surface area contributed by atoms with Gasteiger partial charge in [0.1, 0.15) is 5.82 Å². The molecule has 1 heterocycles. The van der Waals surface area contributed by atoms with Crippen LogP contribution in [-0.4, -0.2) is 15.7 Å². The molecule has 84 valence electrons. The highest BCUT2D eigenvalue weighted by Gasteiger charge is 2.24. The Kier molecular flexibility index (Phi) is 3.35. The van der Waals surface area contributed by atoms with Crippen LogP contribution in [0.3, 0.4) is 0 Å². The van der Waals surface area contributed by atoms with Crippen molar-refractivity contribution in [3.63, 3.8) is 0 Å². The molecule has 0 spiro atoms. The molecular weight excluding hydrogens is 295 g/mol. The van der Waals surface area contributed by atoms with E-state index in [1.54, 1.807) is 18.2 Å². The molecule has 0 saturated carbocycles. The molecule has 1 saturated heterocycles. The summed E-state index contributed by atoms with van der Waals surface area (Å²) in [6.45, 7) is 0. The zero-order chi connectivity index (χ0) is 11.7. The van der Waals surface area contributed by atoms with Crippen LogP contribution in [0.15, 0.2) is 27.6 Å². The van der Waals surface area contributed by atoms with E-state index in [4.69, 9.17) is 0 Å². The fourth-order valence-corrected chi connectivity index (χ4v) is 3.06. The molecule has 1 unspecified atom stereocenters. The summed E-state index contributed by atoms with van der Waals surface area (Å²) in [5.41, 5.74) is 0.673. The lowest BCUT2D eigenvalue weighted by atomic mass is 10.2. The van der Waals surface area contributed by atoms with Crippen LogP contribution in [-0.2, 0) is 15.6 Å². The molecule has 1 fully saturated rings. The standard InChI is InChI=1S/C11H8BrFO2S/c12-8-5-7(1-2-9(8)13)6-11-10(14)3-4-16(11)15/h1-2,5-6H,3-4H2. The highest BCUT2D eigenvalue weighted by Crippen LogP contribution is 2.23. The van der Waals surface area contributed by atoms with Gasteiger partial charge in [0.15, 0.2) is 5.78 Å². The second kappa shape index (κ2) is 4.59. The highest BCUT2D eigenvalue weighted by molar-refractivity contribution is 9.10. The molecule has 0 N–H and O–H groups in total. The van der Waals surface area contributed by atoms with Crippen molar-refractivity contribution in [3.05, 3.63) is 39.0 Å². The molecule has 16 heavy (non-hydrogen) atoms. The predicted octanol–water partition coefficient (Wildman–Crippen LogP) is 2.65. The average molecular weight is 303 g/mol. The van der Waals surface area contributed by atoms with Gasteiger partial charge in [0.05, 0.1) is 20.2 Å². The van der Waals surface area contributed by atoms with E-state index in [1.807, 2.05) is 0 Å². The Bertz CT molecular complexity index is 493. The van der Waals surface area contributed by atoms with Gasteiger partial charge in [0.25, 0.3) is 0 Å². The summed E-state index contributed by atoms with van der Waals surface area (Å²) in [6, 6.07) is 4.42. The van der Waals surface area contributed by atoms with Crippen molar-refractivity contribution in [2.75, 3.05) is 5.75 Å². The Morgan fingerprint density at radius 1 is 1.44 bits per heavy atom. The number of allylic oxidation sites excluding steroid dienone is 1. The number of rotatable bonds is 1. The van der Waals surface area contributed by atoms with Crippen LogP contribution < -0.4 is 0 Å². The number of hydrogen-bond donors (Lipinski definition) is 0. The first-order valence-corrected chi connectivity index (χ1v) is 6.77. The number of benzene rings is 1. The van der Waals surface area contributed by atoms with Crippen LogP contribution in [0.25, 0.3) is 6.08 Å². The van der Waals surface area contributed by atoms with Gasteiger partial charge in [-0.15, -0.1) is 0 Å². The van der Waals surface area contributed by atoms with E-state index in [2.05, 4.69) is 15.9 Å². The molecule has 1 atom stereocenters. The first-order chi connectivity index (χ1) is 7.58. The van der Waals surface area contributed by atoms with Crippen LogP contribution in [0.5, 0.6) is 0 Å². The van der Waals surface area contributed by atoms with Crippen LogP contribution >= 0.6 is 15.9 Å². The predicted molar refractivity (Wildman–Crippen MR) is 64.7 cm³/mol. The van der Waals surface area contributed by atoms with E-state index >= 15 is 0 Å². The van der Waals surface area contributed by atoms with Crippen molar-refractivity contribution in [2.24, 2.45) is 0 Å². The average Bonchev–Trinajstić information content (AvgIpc) is 2.55. The molecule has 0 aromatic heterocycles. The lowest BCUT2D eigenvalue weighted by molar-refractivity contribution is -0.114. The topological polar surface area (TPSA) is 34.1 Å². The summed E-state index contributed by atoms with van der Waals surface area (Å²) < 4.78 is 24.8. The highest BCUT2D eigenvalue weighted by atomic mass is 79.9. The second-order valence-electron chi connectivity index (χ2n) is 3.40. The van der Waals surface area contributed by atoms with Gasteiger partial charge in [-0.2, -0.15) is 0 Å². The number of carbonyl (C=O) groups is 1. The van der Waals surface area contributed by atoms with Gasteiger partial charge in [0, 0.05) is 12.2 Å². The summed E-state index contributed by atoms with van der Waals surface area (Å²) in [7, 11) is -1.20. The van der Waals surface area contributed by atoms with Gasteiger partial charge in [-0.3, -0.25) is 9.00 Å². The Labute approximate surface area is 103 Å². The molecule has 1 aliphatic rings. The Morgan fingerprint density at radius 3 is 2.75 bits per heavy atom. The lowest BCUT2D eigenvalue weighted by Gasteiger charge is -1.98.